The molecule has 0 aliphatic rings. The van der Waals surface area contributed by atoms with E-state index < -0.39 is 0 Å². The molecule has 2 N–H and O–H groups in total. The molecule has 0 aliphatic heterocycles. The van der Waals surface area contributed by atoms with E-state index in [4.69, 9.17) is 4.98 Å². The SMILES string of the molecule is CCCC(CCC(C)CC)C(CNC)NC(=O)CCc1nc(C)c(C=C(CC)CC)s1. The maximum absolute atomic E-state index is 12.8. The number of aryl methyl sites for hydroxylation is 2. The number of nitrogens with zero attached hydrogens (tertiary/aromatic N) is 1. The number of thiazole rings is 1. The van der Waals surface area contributed by atoms with Crippen LogP contribution in [0.25, 0.3) is 6.08 Å². The van der Waals surface area contributed by atoms with E-state index in [1.54, 1.807) is 11.3 Å². The maximum Gasteiger partial charge on any atom is 0.220 e. The number of hydrogen-bond acceptors (Lipinski definition) is 4. The summed E-state index contributed by atoms with van der Waals surface area (Å²) < 4.78 is 0. The summed E-state index contributed by atoms with van der Waals surface area (Å²) in [5.41, 5.74) is 2.53. The highest BCUT2D eigenvalue weighted by molar-refractivity contribution is 7.12. The quantitative estimate of drug-likeness (QED) is 0.301. The van der Waals surface area contributed by atoms with Gasteiger partial charge in [0.15, 0.2) is 0 Å². The van der Waals surface area contributed by atoms with Gasteiger partial charge in [-0.15, -0.1) is 11.3 Å². The molecule has 0 saturated heterocycles. The highest BCUT2D eigenvalue weighted by Crippen LogP contribution is 2.25. The van der Waals surface area contributed by atoms with Crippen LogP contribution in [0, 0.1) is 18.8 Å². The molecule has 3 unspecified atom stereocenters. The van der Waals surface area contributed by atoms with Crippen LogP contribution in [0.3, 0.4) is 0 Å². The zero-order chi connectivity index (χ0) is 23.2. The van der Waals surface area contributed by atoms with E-state index in [0.717, 1.165) is 48.8 Å². The van der Waals surface area contributed by atoms with Crippen LogP contribution >= 0.6 is 11.3 Å². The van der Waals surface area contributed by atoms with Crippen molar-refractivity contribution in [1.29, 1.82) is 0 Å². The van der Waals surface area contributed by atoms with Gasteiger partial charge >= 0.3 is 0 Å². The summed E-state index contributed by atoms with van der Waals surface area (Å²) in [7, 11) is 1.98. The molecule has 0 radical (unpaired) electrons. The average molecular weight is 450 g/mol. The largest absolute Gasteiger partial charge is 0.352 e. The fraction of sp³-hybridized carbons (Fsp3) is 0.769. The van der Waals surface area contributed by atoms with Crippen molar-refractivity contribution < 1.29 is 4.79 Å². The van der Waals surface area contributed by atoms with E-state index in [1.807, 2.05) is 7.05 Å². The summed E-state index contributed by atoms with van der Waals surface area (Å²) in [5, 5.41) is 7.71. The zero-order valence-corrected chi connectivity index (χ0v) is 22.0. The Balaban J connectivity index is 2.71. The number of nitrogens with one attached hydrogen (secondary N) is 2. The van der Waals surface area contributed by atoms with Crippen LogP contribution in [0.1, 0.15) is 102 Å². The summed E-state index contributed by atoms with van der Waals surface area (Å²) in [6.45, 7) is 14.1. The Morgan fingerprint density at radius 2 is 1.84 bits per heavy atom. The molecule has 1 aromatic rings. The van der Waals surface area contributed by atoms with Crippen LogP contribution in [0.2, 0.25) is 0 Å². The van der Waals surface area contributed by atoms with Gasteiger partial charge in [-0.3, -0.25) is 4.79 Å². The molecule has 1 aromatic heterocycles. The second-order valence-corrected chi connectivity index (χ2v) is 10.1. The monoisotopic (exact) mass is 449 g/mol. The number of hydrogen-bond donors (Lipinski definition) is 2. The van der Waals surface area contributed by atoms with Gasteiger partial charge in [-0.2, -0.15) is 0 Å². The first-order chi connectivity index (χ1) is 14.9. The second kappa shape index (κ2) is 15.6. The van der Waals surface area contributed by atoms with E-state index in [-0.39, 0.29) is 11.9 Å². The van der Waals surface area contributed by atoms with Crippen LogP contribution in [0.15, 0.2) is 5.57 Å². The van der Waals surface area contributed by atoms with Crippen LogP contribution in [-0.2, 0) is 11.2 Å². The van der Waals surface area contributed by atoms with Crippen molar-refractivity contribution >= 4 is 23.3 Å². The molecule has 0 aliphatic carbocycles. The molecule has 1 rings (SSSR count). The van der Waals surface area contributed by atoms with Gasteiger partial charge in [0, 0.05) is 25.4 Å². The van der Waals surface area contributed by atoms with E-state index in [0.29, 0.717) is 12.3 Å². The molecule has 3 atom stereocenters. The van der Waals surface area contributed by atoms with Gasteiger partial charge in [-0.05, 0) is 57.6 Å². The first-order valence-electron chi connectivity index (χ1n) is 12.5. The molecule has 178 valence electrons. The molecule has 0 saturated carbocycles. The smallest absolute Gasteiger partial charge is 0.220 e. The van der Waals surface area contributed by atoms with E-state index in [2.05, 4.69) is 58.3 Å². The van der Waals surface area contributed by atoms with Crippen molar-refractivity contribution in [3.8, 4) is 0 Å². The van der Waals surface area contributed by atoms with Crippen LogP contribution in [0.4, 0.5) is 0 Å². The number of rotatable bonds is 16. The van der Waals surface area contributed by atoms with Crippen molar-refractivity contribution in [2.24, 2.45) is 11.8 Å². The Morgan fingerprint density at radius 3 is 2.42 bits per heavy atom. The fourth-order valence-corrected chi connectivity index (χ4v) is 5.08. The standard InChI is InChI=1S/C26H47N3OS/c1-8-12-22(14-13-19(5)9-2)23(18-27-7)29-25(30)15-16-26-28-20(6)24(31-26)17-21(10-3)11-4/h17,19,22-23,27H,8-16,18H2,1-7H3,(H,29,30). The van der Waals surface area contributed by atoms with Crippen LogP contribution in [-0.4, -0.2) is 30.5 Å². The van der Waals surface area contributed by atoms with Crippen LogP contribution < -0.4 is 10.6 Å². The van der Waals surface area contributed by atoms with Gasteiger partial charge in [0.2, 0.25) is 5.91 Å². The summed E-state index contributed by atoms with van der Waals surface area (Å²) in [6.07, 6.45) is 11.6. The lowest BCUT2D eigenvalue weighted by molar-refractivity contribution is -0.122. The van der Waals surface area contributed by atoms with Gasteiger partial charge in [-0.1, -0.05) is 59.5 Å². The average Bonchev–Trinajstić information content (AvgIpc) is 3.11. The lowest BCUT2D eigenvalue weighted by atomic mass is 9.86. The minimum atomic E-state index is 0.151. The predicted molar refractivity (Wildman–Crippen MR) is 137 cm³/mol. The molecule has 4 nitrogen and oxygen atoms in total. The lowest BCUT2D eigenvalue weighted by Gasteiger charge is -2.29. The second-order valence-electron chi connectivity index (χ2n) is 8.94. The number of aromatic nitrogens is 1. The fourth-order valence-electron chi connectivity index (χ4n) is 4.02. The Hall–Kier alpha value is -1.20. The normalized spacial score (nSPS) is 14.2. The summed E-state index contributed by atoms with van der Waals surface area (Å²) in [4.78, 5) is 18.8. The van der Waals surface area contributed by atoms with Crippen LogP contribution in [0.5, 0.6) is 0 Å². The maximum atomic E-state index is 12.8. The first-order valence-corrected chi connectivity index (χ1v) is 13.3. The number of amides is 1. The molecule has 5 heteroatoms. The zero-order valence-electron chi connectivity index (χ0n) is 21.1. The van der Waals surface area contributed by atoms with Gasteiger partial charge < -0.3 is 10.6 Å². The highest BCUT2D eigenvalue weighted by atomic mass is 32.1. The minimum Gasteiger partial charge on any atom is -0.352 e. The number of allylic oxidation sites excluding steroid dienone is 1. The molecule has 0 spiro atoms. The number of carbonyl (C=O) groups is 1. The topological polar surface area (TPSA) is 54.0 Å². The third-order valence-corrected chi connectivity index (χ3v) is 7.58. The molecule has 0 fully saturated rings. The Labute approximate surface area is 195 Å². The summed E-state index contributed by atoms with van der Waals surface area (Å²) in [6, 6.07) is 0.203. The van der Waals surface area contributed by atoms with Crippen molar-refractivity contribution in [3.05, 3.63) is 21.2 Å². The number of likely N-dealkylation sites (N-methyl/N-ethyl adjacent to an activating group) is 1. The van der Waals surface area contributed by atoms with E-state index in [1.165, 1.54) is 36.1 Å². The molecule has 1 amide bonds. The number of carbonyl (C=O) groups excluding carboxylic acids is 1. The van der Waals surface area contributed by atoms with E-state index in [9.17, 15) is 4.79 Å². The van der Waals surface area contributed by atoms with Gasteiger partial charge in [0.25, 0.3) is 0 Å². The minimum absolute atomic E-state index is 0.151. The predicted octanol–water partition coefficient (Wildman–Crippen LogP) is 6.53. The third-order valence-electron chi connectivity index (χ3n) is 6.41. The Morgan fingerprint density at radius 1 is 1.13 bits per heavy atom. The van der Waals surface area contributed by atoms with Crippen molar-refractivity contribution in [3.63, 3.8) is 0 Å². The first kappa shape index (κ1) is 27.8. The molecule has 31 heavy (non-hydrogen) atoms. The Kier molecular flexibility index (Phi) is 14.0. The lowest BCUT2D eigenvalue weighted by Crippen LogP contribution is -2.46. The van der Waals surface area contributed by atoms with Crippen molar-refractivity contribution in [2.45, 2.75) is 105 Å². The molecule has 0 aromatic carbocycles. The molecular formula is C26H47N3OS. The third kappa shape index (κ3) is 10.3. The van der Waals surface area contributed by atoms with E-state index >= 15 is 0 Å². The molecule has 0 bridgehead atoms. The Bertz CT molecular complexity index is 662. The van der Waals surface area contributed by atoms with Gasteiger partial charge in [0.1, 0.15) is 0 Å². The summed E-state index contributed by atoms with van der Waals surface area (Å²) >= 11 is 1.74. The van der Waals surface area contributed by atoms with Crippen molar-refractivity contribution in [1.82, 2.24) is 15.6 Å². The van der Waals surface area contributed by atoms with Gasteiger partial charge in [-0.25, -0.2) is 4.98 Å². The molecule has 1 heterocycles. The summed E-state index contributed by atoms with van der Waals surface area (Å²) in [5.74, 6) is 1.44. The van der Waals surface area contributed by atoms with Crippen molar-refractivity contribution in [2.75, 3.05) is 13.6 Å². The highest BCUT2D eigenvalue weighted by Gasteiger charge is 2.23. The van der Waals surface area contributed by atoms with Gasteiger partial charge in [0.05, 0.1) is 15.6 Å². The molecular weight excluding hydrogens is 402 g/mol.